The van der Waals surface area contributed by atoms with Gasteiger partial charge in [0.2, 0.25) is 11.2 Å². The molecule has 0 aliphatic carbocycles. The van der Waals surface area contributed by atoms with Crippen LogP contribution in [0.15, 0.2) is 5.28 Å². The monoisotopic (exact) mass is 294 g/mol. The minimum absolute atomic E-state index is 0.281. The molecule has 1 aliphatic rings. The van der Waals surface area contributed by atoms with E-state index in [2.05, 4.69) is 21.2 Å². The zero-order valence-corrected chi connectivity index (χ0v) is 10.4. The number of hydrogen-bond donors (Lipinski definition) is 1. The largest absolute Gasteiger partial charge is 0.569 e. The summed E-state index contributed by atoms with van der Waals surface area (Å²) >= 11 is 3.14. The van der Waals surface area contributed by atoms with Gasteiger partial charge in [-0.1, -0.05) is 15.9 Å². The van der Waals surface area contributed by atoms with E-state index in [0.29, 0.717) is 30.0 Å². The maximum absolute atomic E-state index is 11.4. The first-order valence-electron chi connectivity index (χ1n) is 5.05. The van der Waals surface area contributed by atoms with Crippen LogP contribution in [0, 0.1) is 11.1 Å². The SMILES string of the molecule is NC(=O)C1CCCN(/[N+]([O-])=N/OCCBr)C1. The summed E-state index contributed by atoms with van der Waals surface area (Å²) in [5, 5.41) is 16.8. The van der Waals surface area contributed by atoms with Gasteiger partial charge in [-0.25, -0.2) is 0 Å². The maximum atomic E-state index is 11.4. The Bertz CT molecular complexity index is 274. The van der Waals surface area contributed by atoms with Gasteiger partial charge < -0.3 is 15.8 Å². The molecule has 0 aromatic rings. The lowest BCUT2D eigenvalue weighted by molar-refractivity contribution is -0.713. The van der Waals surface area contributed by atoms with E-state index in [4.69, 9.17) is 10.6 Å². The van der Waals surface area contributed by atoms with Gasteiger partial charge in [0, 0.05) is 5.33 Å². The van der Waals surface area contributed by atoms with Gasteiger partial charge >= 0.3 is 0 Å². The van der Waals surface area contributed by atoms with Crippen LogP contribution in [0.3, 0.4) is 0 Å². The van der Waals surface area contributed by atoms with Crippen molar-refractivity contribution in [3.63, 3.8) is 0 Å². The number of primary amides is 1. The molecule has 0 saturated carbocycles. The summed E-state index contributed by atoms with van der Waals surface area (Å²) in [6.07, 6.45) is 1.47. The van der Waals surface area contributed by atoms with Crippen molar-refractivity contribution in [2.24, 2.45) is 16.9 Å². The third-order valence-corrected chi connectivity index (χ3v) is 2.66. The molecule has 1 amide bonds. The van der Waals surface area contributed by atoms with Crippen molar-refractivity contribution in [3.05, 3.63) is 5.21 Å². The van der Waals surface area contributed by atoms with Crippen LogP contribution in [0.4, 0.5) is 0 Å². The first-order chi connectivity index (χ1) is 7.65. The zero-order chi connectivity index (χ0) is 12.0. The highest BCUT2D eigenvalue weighted by atomic mass is 79.9. The lowest BCUT2D eigenvalue weighted by Crippen LogP contribution is -2.44. The molecule has 2 N–H and O–H groups in total. The van der Waals surface area contributed by atoms with E-state index in [1.165, 1.54) is 5.01 Å². The van der Waals surface area contributed by atoms with E-state index >= 15 is 0 Å². The van der Waals surface area contributed by atoms with Gasteiger partial charge in [0.1, 0.15) is 6.61 Å². The number of nitrogens with zero attached hydrogens (tertiary/aromatic N) is 3. The number of carbonyl (C=O) groups excluding carboxylic acids is 1. The molecule has 92 valence electrons. The van der Waals surface area contributed by atoms with Crippen LogP contribution in [0.1, 0.15) is 12.8 Å². The van der Waals surface area contributed by atoms with E-state index < -0.39 is 0 Å². The van der Waals surface area contributed by atoms with Crippen molar-refractivity contribution >= 4 is 21.8 Å². The normalized spacial score (nSPS) is 21.9. The van der Waals surface area contributed by atoms with Crippen LogP contribution in [0.2, 0.25) is 0 Å². The Morgan fingerprint density at radius 1 is 1.75 bits per heavy atom. The number of alkyl halides is 1. The first-order valence-corrected chi connectivity index (χ1v) is 6.17. The number of amides is 1. The van der Waals surface area contributed by atoms with Gasteiger partial charge in [0.15, 0.2) is 0 Å². The second kappa shape index (κ2) is 6.51. The van der Waals surface area contributed by atoms with Crippen molar-refractivity contribution in [3.8, 4) is 0 Å². The summed E-state index contributed by atoms with van der Waals surface area (Å²) < 4.78 is 0. The Morgan fingerprint density at radius 3 is 3.12 bits per heavy atom. The summed E-state index contributed by atoms with van der Waals surface area (Å²) in [5.74, 6) is -0.656. The number of hydrazine groups is 1. The van der Waals surface area contributed by atoms with Gasteiger partial charge in [-0.05, 0) is 12.8 Å². The number of nitrogens with two attached hydrogens (primary N) is 1. The number of halogens is 1. The molecule has 16 heavy (non-hydrogen) atoms. The summed E-state index contributed by atoms with van der Waals surface area (Å²) in [5.41, 5.74) is 5.20. The minimum atomic E-state index is -0.375. The Balaban J connectivity index is 2.46. The van der Waals surface area contributed by atoms with E-state index in [9.17, 15) is 10.0 Å². The van der Waals surface area contributed by atoms with Gasteiger partial charge in [0.05, 0.1) is 24.0 Å². The molecule has 0 bridgehead atoms. The topological polar surface area (TPSA) is 94.0 Å². The molecule has 1 fully saturated rings. The molecule has 1 heterocycles. The predicted octanol–water partition coefficient (Wildman–Crippen LogP) is 0.388. The highest BCUT2D eigenvalue weighted by molar-refractivity contribution is 9.09. The number of hydrogen-bond acceptors (Lipinski definition) is 4. The Morgan fingerprint density at radius 2 is 2.50 bits per heavy atom. The molecule has 0 spiro atoms. The maximum Gasteiger partial charge on any atom is 0.233 e. The Hall–Kier alpha value is -1.05. The van der Waals surface area contributed by atoms with Crippen molar-refractivity contribution in [1.82, 2.24) is 5.01 Å². The Labute approximate surface area is 102 Å². The van der Waals surface area contributed by atoms with Gasteiger partial charge in [-0.2, -0.15) is 0 Å². The smallest absolute Gasteiger partial charge is 0.233 e. The van der Waals surface area contributed by atoms with Gasteiger partial charge in [-0.3, -0.25) is 4.79 Å². The molecule has 0 aromatic carbocycles. The third-order valence-electron chi connectivity index (χ3n) is 2.34. The highest BCUT2D eigenvalue weighted by Crippen LogP contribution is 2.15. The molecule has 1 atom stereocenters. The lowest BCUT2D eigenvalue weighted by Gasteiger charge is -2.26. The second-order valence-electron chi connectivity index (χ2n) is 3.51. The van der Waals surface area contributed by atoms with Crippen LogP contribution >= 0.6 is 15.9 Å². The quantitative estimate of drug-likeness (QED) is 0.261. The van der Waals surface area contributed by atoms with Crippen LogP contribution in [-0.2, 0) is 9.63 Å². The van der Waals surface area contributed by atoms with E-state index in [1.807, 2.05) is 0 Å². The lowest BCUT2D eigenvalue weighted by atomic mass is 9.99. The molecule has 0 radical (unpaired) electrons. The Kier molecular flexibility index (Phi) is 5.30. The summed E-state index contributed by atoms with van der Waals surface area (Å²) in [7, 11) is 0. The third kappa shape index (κ3) is 3.84. The minimum Gasteiger partial charge on any atom is -0.569 e. The van der Waals surface area contributed by atoms with Crippen molar-refractivity contribution in [2.45, 2.75) is 12.8 Å². The van der Waals surface area contributed by atoms with Gasteiger partial charge in [-0.15, -0.1) is 5.01 Å². The van der Waals surface area contributed by atoms with Crippen LogP contribution in [-0.4, -0.2) is 40.9 Å². The standard InChI is InChI=1S/C8H15BrN4O3/c9-3-5-16-11-13(15)12-4-1-2-7(6-12)8(10)14/h7H,1-6H2,(H2,10,14)/b13-11-. The average Bonchev–Trinajstić information content (AvgIpc) is 2.29. The van der Waals surface area contributed by atoms with Crippen molar-refractivity contribution in [2.75, 3.05) is 25.0 Å². The van der Waals surface area contributed by atoms with Crippen molar-refractivity contribution in [1.29, 1.82) is 0 Å². The molecule has 1 rings (SSSR count). The zero-order valence-electron chi connectivity index (χ0n) is 8.84. The van der Waals surface area contributed by atoms with Crippen LogP contribution in [0.25, 0.3) is 0 Å². The molecule has 1 unspecified atom stereocenters. The first kappa shape index (κ1) is 13.0. The number of rotatable bonds is 5. The van der Waals surface area contributed by atoms with Gasteiger partial charge in [0.25, 0.3) is 0 Å². The molecular weight excluding hydrogens is 280 g/mol. The molecule has 7 nitrogen and oxygen atoms in total. The van der Waals surface area contributed by atoms with E-state index in [0.717, 1.165) is 12.8 Å². The van der Waals surface area contributed by atoms with E-state index in [1.54, 1.807) is 0 Å². The summed E-state index contributed by atoms with van der Waals surface area (Å²) in [4.78, 5) is 16.1. The number of piperidine rings is 1. The fourth-order valence-electron chi connectivity index (χ4n) is 1.52. The molecular formula is C8H15BrN4O3. The molecule has 1 saturated heterocycles. The highest BCUT2D eigenvalue weighted by Gasteiger charge is 2.28. The predicted molar refractivity (Wildman–Crippen MR) is 59.3 cm³/mol. The van der Waals surface area contributed by atoms with Crippen molar-refractivity contribution < 1.29 is 14.6 Å². The summed E-state index contributed by atoms with van der Waals surface area (Å²) in [6.45, 7) is 1.19. The number of carbonyl (C=O) groups is 1. The molecule has 8 heteroatoms. The average molecular weight is 295 g/mol. The fraction of sp³-hybridized carbons (Fsp3) is 0.875. The second-order valence-corrected chi connectivity index (χ2v) is 4.30. The van der Waals surface area contributed by atoms with Crippen LogP contribution < -0.4 is 5.73 Å². The fourth-order valence-corrected chi connectivity index (χ4v) is 1.67. The van der Waals surface area contributed by atoms with E-state index in [-0.39, 0.29) is 11.8 Å². The molecule has 1 aliphatic heterocycles. The molecule has 0 aromatic heterocycles. The summed E-state index contributed by atoms with van der Waals surface area (Å²) in [6, 6.07) is 0. The van der Waals surface area contributed by atoms with Crippen LogP contribution in [0.5, 0.6) is 0 Å².